The Balaban J connectivity index is 2.73. The third-order valence-corrected chi connectivity index (χ3v) is 3.55. The van der Waals surface area contributed by atoms with Crippen LogP contribution in [0.15, 0.2) is 24.3 Å². The van der Waals surface area contributed by atoms with Gasteiger partial charge in [0.05, 0.1) is 18.4 Å². The zero-order chi connectivity index (χ0) is 14.5. The van der Waals surface area contributed by atoms with Gasteiger partial charge in [-0.15, -0.1) is 0 Å². The van der Waals surface area contributed by atoms with Gasteiger partial charge in [0.1, 0.15) is 0 Å². The molecule has 0 bridgehead atoms. The van der Waals surface area contributed by atoms with Crippen molar-refractivity contribution in [2.75, 3.05) is 12.9 Å². The maximum Gasteiger partial charge on any atom is 0.251 e. The normalized spacial score (nSPS) is 13.0. The molecule has 106 valence electrons. The molecule has 19 heavy (non-hydrogen) atoms. The van der Waals surface area contributed by atoms with E-state index in [1.54, 1.807) is 24.3 Å². The van der Waals surface area contributed by atoms with E-state index >= 15 is 0 Å². The number of sulfone groups is 1. The molecular weight excluding hydrogens is 266 g/mol. The maximum absolute atomic E-state index is 11.8. The molecule has 0 aliphatic heterocycles. The van der Waals surface area contributed by atoms with Crippen LogP contribution in [-0.4, -0.2) is 38.3 Å². The van der Waals surface area contributed by atoms with Crippen molar-refractivity contribution < 1.29 is 18.3 Å². The second kappa shape index (κ2) is 6.68. The van der Waals surface area contributed by atoms with Crippen LogP contribution in [0.1, 0.15) is 29.3 Å². The van der Waals surface area contributed by atoms with Crippen LogP contribution >= 0.6 is 0 Å². The van der Waals surface area contributed by atoms with Gasteiger partial charge >= 0.3 is 0 Å². The molecule has 1 atom stereocenters. The van der Waals surface area contributed by atoms with E-state index in [4.69, 9.17) is 5.11 Å². The van der Waals surface area contributed by atoms with Gasteiger partial charge in [-0.05, 0) is 24.1 Å². The van der Waals surface area contributed by atoms with Crippen LogP contribution in [-0.2, 0) is 15.6 Å². The minimum atomic E-state index is -3.07. The largest absolute Gasteiger partial charge is 0.394 e. The number of rotatable bonds is 6. The Morgan fingerprint density at radius 3 is 2.32 bits per heavy atom. The summed E-state index contributed by atoms with van der Waals surface area (Å²) in [5.74, 6) is -0.310. The molecule has 0 unspecified atom stereocenters. The van der Waals surface area contributed by atoms with Gasteiger partial charge < -0.3 is 10.4 Å². The number of nitrogens with one attached hydrogen (secondary N) is 1. The van der Waals surface area contributed by atoms with E-state index in [0.29, 0.717) is 17.5 Å². The van der Waals surface area contributed by atoms with Crippen LogP contribution in [0.4, 0.5) is 0 Å². The fourth-order valence-corrected chi connectivity index (χ4v) is 2.40. The van der Waals surface area contributed by atoms with E-state index < -0.39 is 9.84 Å². The highest BCUT2D eigenvalue weighted by molar-refractivity contribution is 7.89. The molecule has 0 aliphatic rings. The topological polar surface area (TPSA) is 83.5 Å². The molecule has 1 aromatic carbocycles. The summed E-state index contributed by atoms with van der Waals surface area (Å²) in [4.78, 5) is 11.8. The monoisotopic (exact) mass is 285 g/mol. The van der Waals surface area contributed by atoms with Crippen molar-refractivity contribution in [1.29, 1.82) is 0 Å². The maximum atomic E-state index is 11.8. The zero-order valence-electron chi connectivity index (χ0n) is 11.1. The summed E-state index contributed by atoms with van der Waals surface area (Å²) in [5.41, 5.74) is 1.09. The molecule has 0 spiro atoms. The SMILES string of the molecule is CC[C@H](CO)NC(=O)c1ccc(CS(C)(=O)=O)cc1. The fourth-order valence-electron chi connectivity index (χ4n) is 1.60. The molecule has 0 aromatic heterocycles. The van der Waals surface area contributed by atoms with Gasteiger partial charge in [-0.25, -0.2) is 8.42 Å². The van der Waals surface area contributed by atoms with Gasteiger partial charge in [0.25, 0.3) is 5.91 Å². The number of benzene rings is 1. The smallest absolute Gasteiger partial charge is 0.251 e. The van der Waals surface area contributed by atoms with Crippen LogP contribution in [0.25, 0.3) is 0 Å². The van der Waals surface area contributed by atoms with Crippen molar-refractivity contribution in [2.45, 2.75) is 25.1 Å². The van der Waals surface area contributed by atoms with Crippen molar-refractivity contribution in [3.05, 3.63) is 35.4 Å². The predicted octanol–water partition coefficient (Wildman–Crippen LogP) is 0.732. The first-order valence-electron chi connectivity index (χ1n) is 6.04. The van der Waals surface area contributed by atoms with Gasteiger partial charge in [0.15, 0.2) is 9.84 Å². The summed E-state index contributed by atoms with van der Waals surface area (Å²) in [6.45, 7) is 1.77. The third-order valence-electron chi connectivity index (χ3n) is 2.69. The molecule has 5 nitrogen and oxygen atoms in total. The first-order chi connectivity index (χ1) is 8.85. The summed E-state index contributed by atoms with van der Waals surface area (Å²) in [7, 11) is -3.07. The van der Waals surface area contributed by atoms with Crippen molar-refractivity contribution in [1.82, 2.24) is 5.32 Å². The summed E-state index contributed by atoms with van der Waals surface area (Å²) < 4.78 is 22.3. The van der Waals surface area contributed by atoms with Gasteiger partial charge in [0.2, 0.25) is 0 Å². The Labute approximate surface area is 113 Å². The molecule has 0 aliphatic carbocycles. The molecule has 0 saturated heterocycles. The van der Waals surface area contributed by atoms with E-state index in [0.717, 1.165) is 0 Å². The molecule has 0 fully saturated rings. The first-order valence-corrected chi connectivity index (χ1v) is 8.10. The lowest BCUT2D eigenvalue weighted by atomic mass is 10.1. The summed E-state index contributed by atoms with van der Waals surface area (Å²) in [5, 5.41) is 11.7. The van der Waals surface area contributed by atoms with Gasteiger partial charge in [-0.3, -0.25) is 4.79 Å². The summed E-state index contributed by atoms with van der Waals surface area (Å²) >= 11 is 0. The molecule has 0 saturated carbocycles. The molecule has 1 rings (SSSR count). The Morgan fingerprint density at radius 2 is 1.89 bits per heavy atom. The van der Waals surface area contributed by atoms with Crippen LogP contribution in [0, 0.1) is 0 Å². The van der Waals surface area contributed by atoms with Crippen molar-refractivity contribution in [3.8, 4) is 0 Å². The Hall–Kier alpha value is -1.40. The number of carbonyl (C=O) groups is 1. The van der Waals surface area contributed by atoms with Crippen LogP contribution < -0.4 is 5.32 Å². The molecule has 6 heteroatoms. The Morgan fingerprint density at radius 1 is 1.32 bits per heavy atom. The number of carbonyl (C=O) groups excluding carboxylic acids is 1. The van der Waals surface area contributed by atoms with Gasteiger partial charge in [-0.1, -0.05) is 19.1 Å². The molecule has 1 aromatic rings. The summed E-state index contributed by atoms with van der Waals surface area (Å²) in [6.07, 6.45) is 1.81. The minimum absolute atomic E-state index is 0.0386. The minimum Gasteiger partial charge on any atom is -0.394 e. The molecular formula is C13H19NO4S. The Kier molecular flexibility index (Phi) is 5.50. The van der Waals surface area contributed by atoms with Crippen molar-refractivity contribution in [3.63, 3.8) is 0 Å². The van der Waals surface area contributed by atoms with Crippen LogP contribution in [0.3, 0.4) is 0 Å². The van der Waals surface area contributed by atoms with E-state index in [9.17, 15) is 13.2 Å². The summed E-state index contributed by atoms with van der Waals surface area (Å²) in [6, 6.07) is 6.15. The predicted molar refractivity (Wildman–Crippen MR) is 73.6 cm³/mol. The lowest BCUT2D eigenvalue weighted by Crippen LogP contribution is -2.36. The van der Waals surface area contributed by atoms with E-state index in [2.05, 4.69) is 5.32 Å². The first kappa shape index (κ1) is 15.7. The Bertz CT molecular complexity index is 518. The second-order valence-electron chi connectivity index (χ2n) is 4.53. The lowest BCUT2D eigenvalue weighted by molar-refractivity contribution is 0.0915. The third kappa shape index (κ3) is 5.40. The molecule has 1 amide bonds. The molecule has 0 heterocycles. The van der Waals surface area contributed by atoms with Crippen molar-refractivity contribution in [2.24, 2.45) is 0 Å². The van der Waals surface area contributed by atoms with Gasteiger partial charge in [0, 0.05) is 11.8 Å². The quantitative estimate of drug-likeness (QED) is 0.807. The van der Waals surface area contributed by atoms with Crippen molar-refractivity contribution >= 4 is 15.7 Å². The zero-order valence-corrected chi connectivity index (χ0v) is 11.9. The number of aliphatic hydroxyl groups excluding tert-OH is 1. The van der Waals surface area contributed by atoms with Gasteiger partial charge in [-0.2, -0.15) is 0 Å². The average Bonchev–Trinajstić information content (AvgIpc) is 2.34. The highest BCUT2D eigenvalue weighted by atomic mass is 32.2. The highest BCUT2D eigenvalue weighted by Crippen LogP contribution is 2.08. The van der Waals surface area contributed by atoms with E-state index in [-0.39, 0.29) is 24.3 Å². The molecule has 2 N–H and O–H groups in total. The number of hydrogen-bond acceptors (Lipinski definition) is 4. The van der Waals surface area contributed by atoms with E-state index in [1.807, 2.05) is 6.92 Å². The second-order valence-corrected chi connectivity index (χ2v) is 6.67. The van der Waals surface area contributed by atoms with Crippen LogP contribution in [0.5, 0.6) is 0 Å². The average molecular weight is 285 g/mol. The number of amides is 1. The number of hydrogen-bond donors (Lipinski definition) is 2. The van der Waals surface area contributed by atoms with E-state index in [1.165, 1.54) is 6.26 Å². The lowest BCUT2D eigenvalue weighted by Gasteiger charge is -2.14. The molecule has 0 radical (unpaired) electrons. The highest BCUT2D eigenvalue weighted by Gasteiger charge is 2.11. The standard InChI is InChI=1S/C13H19NO4S/c1-3-12(8-15)14-13(16)11-6-4-10(5-7-11)9-19(2,17)18/h4-7,12,15H,3,8-9H2,1-2H3,(H,14,16)/t12-/m1/s1. The van der Waals surface area contributed by atoms with Crippen LogP contribution in [0.2, 0.25) is 0 Å². The number of aliphatic hydroxyl groups is 1. The fraction of sp³-hybridized carbons (Fsp3) is 0.462.